The fourth-order valence-corrected chi connectivity index (χ4v) is 2.59. The lowest BCUT2D eigenvalue weighted by Gasteiger charge is -2.19. The average Bonchev–Trinajstić information content (AvgIpc) is 2.63. The molecule has 0 heterocycles. The van der Waals surface area contributed by atoms with Crippen LogP contribution >= 0.6 is 0 Å². The van der Waals surface area contributed by atoms with Crippen LogP contribution < -0.4 is 5.32 Å². The zero-order valence-corrected chi connectivity index (χ0v) is 15.4. The van der Waals surface area contributed by atoms with Gasteiger partial charge in [0.25, 0.3) is 5.91 Å². The molecule has 0 aromatic heterocycles. The van der Waals surface area contributed by atoms with Crippen LogP contribution in [0.5, 0.6) is 5.75 Å². The molecule has 144 valence electrons. The number of phenolic OH excluding ortho intramolecular Hbond substituents is 1. The summed E-state index contributed by atoms with van der Waals surface area (Å²) in [5, 5.41) is 12.0. The zero-order valence-electron chi connectivity index (χ0n) is 15.4. The molecule has 0 aliphatic carbocycles. The van der Waals surface area contributed by atoms with Crippen molar-refractivity contribution in [1.29, 1.82) is 0 Å². The Bertz CT molecular complexity index is 777. The number of halogens is 1. The smallest absolute Gasteiger partial charge is 0.306 e. The van der Waals surface area contributed by atoms with Gasteiger partial charge in [0.05, 0.1) is 0 Å². The van der Waals surface area contributed by atoms with Gasteiger partial charge in [-0.3, -0.25) is 9.59 Å². The minimum Gasteiger partial charge on any atom is -0.505 e. The standard InChI is InChI=1S/C21H24FNO4/c1-14(2)23-21(26)20(16-8-4-3-5-9-16)27-19(25)10-6-7-15-11-12-18(24)17(22)13-15/h3-5,8-9,11-14,20,24H,6-7,10H2,1-2H3,(H,23,26). The molecule has 2 N–H and O–H groups in total. The Hall–Kier alpha value is -2.89. The summed E-state index contributed by atoms with van der Waals surface area (Å²) < 4.78 is 18.7. The summed E-state index contributed by atoms with van der Waals surface area (Å²) in [6.07, 6.45) is -0.00955. The predicted molar refractivity (Wildman–Crippen MR) is 99.6 cm³/mol. The van der Waals surface area contributed by atoms with E-state index in [0.717, 1.165) is 0 Å². The van der Waals surface area contributed by atoms with E-state index in [4.69, 9.17) is 4.74 Å². The number of hydrogen-bond donors (Lipinski definition) is 2. The van der Waals surface area contributed by atoms with Crippen molar-refractivity contribution in [3.63, 3.8) is 0 Å². The van der Waals surface area contributed by atoms with Crippen molar-refractivity contribution < 1.29 is 23.8 Å². The number of esters is 1. The zero-order chi connectivity index (χ0) is 19.8. The summed E-state index contributed by atoms with van der Waals surface area (Å²) in [6.45, 7) is 3.66. The lowest BCUT2D eigenvalue weighted by Crippen LogP contribution is -2.36. The van der Waals surface area contributed by atoms with Gasteiger partial charge in [0, 0.05) is 18.0 Å². The maximum Gasteiger partial charge on any atom is 0.306 e. The van der Waals surface area contributed by atoms with E-state index in [1.807, 2.05) is 19.9 Å². The summed E-state index contributed by atoms with van der Waals surface area (Å²) in [4.78, 5) is 24.6. The van der Waals surface area contributed by atoms with Crippen LogP contribution in [-0.2, 0) is 20.7 Å². The highest BCUT2D eigenvalue weighted by atomic mass is 19.1. The van der Waals surface area contributed by atoms with Crippen molar-refractivity contribution in [2.24, 2.45) is 0 Å². The van der Waals surface area contributed by atoms with Crippen LogP contribution in [0.2, 0.25) is 0 Å². The number of nitrogens with one attached hydrogen (secondary N) is 1. The molecule has 2 rings (SSSR count). The average molecular weight is 373 g/mol. The Labute approximate surface area is 158 Å². The van der Waals surface area contributed by atoms with Crippen LogP contribution in [0.15, 0.2) is 48.5 Å². The van der Waals surface area contributed by atoms with E-state index in [2.05, 4.69) is 5.32 Å². The summed E-state index contributed by atoms with van der Waals surface area (Å²) in [5.74, 6) is -1.96. The number of amides is 1. The van der Waals surface area contributed by atoms with Crippen molar-refractivity contribution in [3.05, 3.63) is 65.5 Å². The number of carbonyl (C=O) groups is 2. The molecule has 1 amide bonds. The van der Waals surface area contributed by atoms with Crippen LogP contribution in [0.3, 0.4) is 0 Å². The molecule has 1 atom stereocenters. The Morgan fingerprint density at radius 2 is 1.85 bits per heavy atom. The quantitative estimate of drug-likeness (QED) is 0.693. The normalized spacial score (nSPS) is 11.9. The summed E-state index contributed by atoms with van der Waals surface area (Å²) >= 11 is 0. The van der Waals surface area contributed by atoms with Crippen LogP contribution in [0.1, 0.15) is 43.9 Å². The van der Waals surface area contributed by atoms with Crippen molar-refractivity contribution in [2.75, 3.05) is 0 Å². The highest BCUT2D eigenvalue weighted by molar-refractivity contribution is 5.85. The third kappa shape index (κ3) is 6.40. The van der Waals surface area contributed by atoms with Gasteiger partial charge in [0.15, 0.2) is 11.6 Å². The number of ether oxygens (including phenoxy) is 1. The van der Waals surface area contributed by atoms with Gasteiger partial charge < -0.3 is 15.2 Å². The lowest BCUT2D eigenvalue weighted by atomic mass is 10.1. The van der Waals surface area contributed by atoms with Gasteiger partial charge in [0.1, 0.15) is 0 Å². The molecule has 0 spiro atoms. The van der Waals surface area contributed by atoms with E-state index in [0.29, 0.717) is 24.0 Å². The first-order valence-electron chi connectivity index (χ1n) is 8.89. The molecular formula is C21H24FNO4. The monoisotopic (exact) mass is 373 g/mol. The second kappa shape index (κ2) is 9.71. The molecule has 2 aromatic carbocycles. The Kier molecular flexibility index (Phi) is 7.34. The van der Waals surface area contributed by atoms with E-state index in [1.54, 1.807) is 30.3 Å². The molecule has 0 aliphatic heterocycles. The maximum atomic E-state index is 13.3. The second-order valence-electron chi connectivity index (χ2n) is 6.58. The number of rotatable bonds is 8. The van der Waals surface area contributed by atoms with E-state index >= 15 is 0 Å². The minimum atomic E-state index is -1.01. The minimum absolute atomic E-state index is 0.0770. The Morgan fingerprint density at radius 1 is 1.15 bits per heavy atom. The molecule has 0 saturated carbocycles. The van der Waals surface area contributed by atoms with Crippen LogP contribution in [0.4, 0.5) is 4.39 Å². The highest BCUT2D eigenvalue weighted by Gasteiger charge is 2.25. The summed E-state index contributed by atoms with van der Waals surface area (Å²) in [7, 11) is 0. The van der Waals surface area contributed by atoms with Gasteiger partial charge in [-0.1, -0.05) is 36.4 Å². The van der Waals surface area contributed by atoms with E-state index in [1.165, 1.54) is 12.1 Å². The van der Waals surface area contributed by atoms with Crippen LogP contribution in [-0.4, -0.2) is 23.0 Å². The van der Waals surface area contributed by atoms with Crippen LogP contribution in [0.25, 0.3) is 0 Å². The Balaban J connectivity index is 1.94. The fraction of sp³-hybridized carbons (Fsp3) is 0.333. The third-order valence-corrected chi connectivity index (χ3v) is 3.88. The lowest BCUT2D eigenvalue weighted by molar-refractivity contribution is -0.156. The van der Waals surface area contributed by atoms with Crippen molar-refractivity contribution >= 4 is 11.9 Å². The first kappa shape index (κ1) is 20.4. The second-order valence-corrected chi connectivity index (χ2v) is 6.58. The number of aryl methyl sites for hydroxylation is 1. The number of aromatic hydroxyl groups is 1. The van der Waals surface area contributed by atoms with Gasteiger partial charge in [-0.25, -0.2) is 4.39 Å². The van der Waals surface area contributed by atoms with E-state index < -0.39 is 23.6 Å². The molecule has 0 aliphatic rings. The molecule has 5 nitrogen and oxygen atoms in total. The van der Waals surface area contributed by atoms with Gasteiger partial charge in [-0.2, -0.15) is 0 Å². The number of phenols is 1. The molecule has 0 bridgehead atoms. The van der Waals surface area contributed by atoms with Gasteiger partial charge in [0.2, 0.25) is 6.10 Å². The van der Waals surface area contributed by atoms with Crippen LogP contribution in [0, 0.1) is 5.82 Å². The summed E-state index contributed by atoms with van der Waals surface area (Å²) in [6, 6.07) is 12.9. The van der Waals surface area contributed by atoms with E-state index in [9.17, 15) is 19.1 Å². The first-order valence-corrected chi connectivity index (χ1v) is 8.89. The molecule has 1 unspecified atom stereocenters. The first-order chi connectivity index (χ1) is 12.9. The third-order valence-electron chi connectivity index (χ3n) is 3.88. The van der Waals surface area contributed by atoms with Gasteiger partial charge >= 0.3 is 5.97 Å². The largest absolute Gasteiger partial charge is 0.505 e. The Morgan fingerprint density at radius 3 is 2.48 bits per heavy atom. The molecule has 0 saturated heterocycles. The summed E-state index contributed by atoms with van der Waals surface area (Å²) in [5.41, 5.74) is 1.28. The highest BCUT2D eigenvalue weighted by Crippen LogP contribution is 2.20. The van der Waals surface area contributed by atoms with Gasteiger partial charge in [-0.15, -0.1) is 0 Å². The molecule has 6 heteroatoms. The van der Waals surface area contributed by atoms with E-state index in [-0.39, 0.29) is 18.4 Å². The molecule has 0 radical (unpaired) electrons. The number of carbonyl (C=O) groups excluding carboxylic acids is 2. The number of benzene rings is 2. The number of hydrogen-bond acceptors (Lipinski definition) is 4. The predicted octanol–water partition coefficient (Wildman–Crippen LogP) is 3.66. The molecule has 27 heavy (non-hydrogen) atoms. The molecular weight excluding hydrogens is 349 g/mol. The van der Waals surface area contributed by atoms with Crippen molar-refractivity contribution in [2.45, 2.75) is 45.3 Å². The SMILES string of the molecule is CC(C)NC(=O)C(OC(=O)CCCc1ccc(O)c(F)c1)c1ccccc1. The fourth-order valence-electron chi connectivity index (χ4n) is 2.59. The molecule has 2 aromatic rings. The van der Waals surface area contributed by atoms with Gasteiger partial charge in [-0.05, 0) is 44.4 Å². The topological polar surface area (TPSA) is 75.6 Å². The maximum absolute atomic E-state index is 13.3. The van der Waals surface area contributed by atoms with Crippen molar-refractivity contribution in [1.82, 2.24) is 5.32 Å². The molecule has 0 fully saturated rings. The van der Waals surface area contributed by atoms with Crippen molar-refractivity contribution in [3.8, 4) is 5.75 Å².